The second-order valence-electron chi connectivity index (χ2n) is 6.54. The molecular weight excluding hydrogens is 378 g/mol. The standard InChI is InChI=1S/C25H23NO4/c1-29-22-14-8-9-19(17-22)15-16-24(28)30-18-23(27)26-25(20-10-4-2-5-11-20)21-12-6-3-7-13-21/h2-17,25H,18H2,1H3,(H,26,27). The molecule has 5 nitrogen and oxygen atoms in total. The lowest BCUT2D eigenvalue weighted by molar-refractivity contribution is -0.143. The number of hydrogen-bond acceptors (Lipinski definition) is 4. The van der Waals surface area contributed by atoms with E-state index in [9.17, 15) is 9.59 Å². The normalized spacial score (nSPS) is 10.7. The third-order valence-corrected chi connectivity index (χ3v) is 4.42. The highest BCUT2D eigenvalue weighted by atomic mass is 16.5. The molecule has 1 amide bonds. The van der Waals surface area contributed by atoms with Crippen LogP contribution in [-0.4, -0.2) is 25.6 Å². The highest BCUT2D eigenvalue weighted by Gasteiger charge is 2.17. The lowest BCUT2D eigenvalue weighted by atomic mass is 9.99. The average molecular weight is 401 g/mol. The SMILES string of the molecule is COc1cccc(C=CC(=O)OCC(=O)NC(c2ccccc2)c2ccccc2)c1. The number of nitrogens with one attached hydrogen (secondary N) is 1. The summed E-state index contributed by atoms with van der Waals surface area (Å²) in [5.41, 5.74) is 2.69. The van der Waals surface area contributed by atoms with Crippen LogP contribution in [-0.2, 0) is 14.3 Å². The van der Waals surface area contributed by atoms with Gasteiger partial charge in [-0.2, -0.15) is 0 Å². The molecule has 30 heavy (non-hydrogen) atoms. The molecule has 0 heterocycles. The zero-order chi connectivity index (χ0) is 21.2. The van der Waals surface area contributed by atoms with Gasteiger partial charge < -0.3 is 14.8 Å². The Hall–Kier alpha value is -3.86. The highest BCUT2D eigenvalue weighted by Crippen LogP contribution is 2.21. The molecule has 0 fully saturated rings. The quantitative estimate of drug-likeness (QED) is 0.455. The van der Waals surface area contributed by atoms with E-state index in [1.807, 2.05) is 78.9 Å². The molecule has 0 saturated carbocycles. The predicted octanol–water partition coefficient (Wildman–Crippen LogP) is 4.16. The molecule has 0 spiro atoms. The summed E-state index contributed by atoms with van der Waals surface area (Å²) >= 11 is 0. The molecule has 5 heteroatoms. The first-order valence-corrected chi connectivity index (χ1v) is 9.54. The second kappa shape index (κ2) is 10.6. The number of amides is 1. The van der Waals surface area contributed by atoms with Crippen LogP contribution in [0, 0.1) is 0 Å². The molecule has 0 unspecified atom stereocenters. The van der Waals surface area contributed by atoms with Crippen molar-refractivity contribution in [1.29, 1.82) is 0 Å². The molecule has 1 N–H and O–H groups in total. The molecular formula is C25H23NO4. The Bertz CT molecular complexity index is 960. The number of carbonyl (C=O) groups excluding carboxylic acids is 2. The van der Waals surface area contributed by atoms with Crippen molar-refractivity contribution in [3.8, 4) is 5.75 Å². The molecule has 152 valence electrons. The summed E-state index contributed by atoms with van der Waals surface area (Å²) in [4.78, 5) is 24.4. The van der Waals surface area contributed by atoms with E-state index in [1.54, 1.807) is 19.3 Å². The van der Waals surface area contributed by atoms with E-state index in [2.05, 4.69) is 5.32 Å². The summed E-state index contributed by atoms with van der Waals surface area (Å²) in [5.74, 6) is -0.280. The zero-order valence-electron chi connectivity index (χ0n) is 16.7. The molecule has 0 atom stereocenters. The Morgan fingerprint density at radius 2 is 1.53 bits per heavy atom. The third kappa shape index (κ3) is 6.07. The minimum absolute atomic E-state index is 0.328. The van der Waals surface area contributed by atoms with Gasteiger partial charge in [0.05, 0.1) is 13.2 Å². The Labute approximate surface area is 176 Å². The fraction of sp³-hybridized carbons (Fsp3) is 0.120. The van der Waals surface area contributed by atoms with Gasteiger partial charge in [-0.25, -0.2) is 4.79 Å². The number of hydrogen-bond donors (Lipinski definition) is 1. The highest BCUT2D eigenvalue weighted by molar-refractivity contribution is 5.89. The van der Waals surface area contributed by atoms with E-state index in [4.69, 9.17) is 9.47 Å². The Morgan fingerprint density at radius 3 is 2.13 bits per heavy atom. The van der Waals surface area contributed by atoms with Crippen LogP contribution in [0.2, 0.25) is 0 Å². The van der Waals surface area contributed by atoms with Crippen LogP contribution in [0.15, 0.2) is 91.0 Å². The van der Waals surface area contributed by atoms with Crippen molar-refractivity contribution in [2.24, 2.45) is 0 Å². The molecule has 3 rings (SSSR count). The summed E-state index contributed by atoms with van der Waals surface area (Å²) in [6.45, 7) is -0.364. The number of rotatable bonds is 8. The summed E-state index contributed by atoms with van der Waals surface area (Å²) in [5, 5.41) is 2.94. The van der Waals surface area contributed by atoms with Crippen molar-refractivity contribution in [2.45, 2.75) is 6.04 Å². The van der Waals surface area contributed by atoms with Gasteiger partial charge in [0.15, 0.2) is 6.61 Å². The van der Waals surface area contributed by atoms with Gasteiger partial charge in [-0.3, -0.25) is 4.79 Å². The molecule has 0 aliphatic carbocycles. The minimum atomic E-state index is -0.594. The summed E-state index contributed by atoms with van der Waals surface area (Å²) in [6, 6.07) is 26.2. The average Bonchev–Trinajstić information content (AvgIpc) is 2.81. The van der Waals surface area contributed by atoms with Crippen molar-refractivity contribution < 1.29 is 19.1 Å². The maximum Gasteiger partial charge on any atom is 0.331 e. The Kier molecular flexibility index (Phi) is 7.39. The predicted molar refractivity (Wildman–Crippen MR) is 116 cm³/mol. The molecule has 0 aliphatic rings. The smallest absolute Gasteiger partial charge is 0.331 e. The molecule has 3 aromatic carbocycles. The molecule has 0 bridgehead atoms. The van der Waals surface area contributed by atoms with Gasteiger partial charge in [0.1, 0.15) is 5.75 Å². The van der Waals surface area contributed by atoms with Crippen LogP contribution in [0.4, 0.5) is 0 Å². The van der Waals surface area contributed by atoms with Crippen molar-refractivity contribution in [1.82, 2.24) is 5.32 Å². The van der Waals surface area contributed by atoms with Crippen LogP contribution in [0.3, 0.4) is 0 Å². The van der Waals surface area contributed by atoms with Gasteiger partial charge in [0.25, 0.3) is 5.91 Å². The van der Waals surface area contributed by atoms with Crippen LogP contribution < -0.4 is 10.1 Å². The van der Waals surface area contributed by atoms with Crippen molar-refractivity contribution in [3.63, 3.8) is 0 Å². The lowest BCUT2D eigenvalue weighted by Crippen LogP contribution is -2.32. The van der Waals surface area contributed by atoms with Crippen molar-refractivity contribution in [3.05, 3.63) is 108 Å². The van der Waals surface area contributed by atoms with Crippen molar-refractivity contribution in [2.75, 3.05) is 13.7 Å². The maximum atomic E-state index is 12.4. The van der Waals surface area contributed by atoms with Gasteiger partial charge in [-0.05, 0) is 34.9 Å². The fourth-order valence-electron chi connectivity index (χ4n) is 2.95. The minimum Gasteiger partial charge on any atom is -0.497 e. The number of esters is 1. The zero-order valence-corrected chi connectivity index (χ0v) is 16.7. The number of carbonyl (C=O) groups is 2. The summed E-state index contributed by atoms with van der Waals surface area (Å²) < 4.78 is 10.2. The molecule has 0 saturated heterocycles. The largest absolute Gasteiger partial charge is 0.497 e. The van der Waals surface area contributed by atoms with Crippen molar-refractivity contribution >= 4 is 18.0 Å². The van der Waals surface area contributed by atoms with Crippen LogP contribution in [0.5, 0.6) is 5.75 Å². The third-order valence-electron chi connectivity index (χ3n) is 4.42. The Balaban J connectivity index is 1.59. The summed E-state index contributed by atoms with van der Waals surface area (Å²) in [7, 11) is 1.58. The van der Waals surface area contributed by atoms with E-state index in [0.717, 1.165) is 16.7 Å². The van der Waals surface area contributed by atoms with Gasteiger partial charge in [0.2, 0.25) is 0 Å². The molecule has 0 aromatic heterocycles. The first kappa shape index (κ1) is 20.9. The van der Waals surface area contributed by atoms with Crippen LogP contribution >= 0.6 is 0 Å². The van der Waals surface area contributed by atoms with E-state index >= 15 is 0 Å². The van der Waals surface area contributed by atoms with E-state index < -0.39 is 5.97 Å². The molecule has 3 aromatic rings. The first-order valence-electron chi connectivity index (χ1n) is 9.54. The second-order valence-corrected chi connectivity index (χ2v) is 6.54. The maximum absolute atomic E-state index is 12.4. The fourth-order valence-corrected chi connectivity index (χ4v) is 2.95. The number of methoxy groups -OCH3 is 1. The number of ether oxygens (including phenoxy) is 2. The van der Waals surface area contributed by atoms with Crippen LogP contribution in [0.25, 0.3) is 6.08 Å². The first-order chi connectivity index (χ1) is 14.7. The van der Waals surface area contributed by atoms with Gasteiger partial charge >= 0.3 is 5.97 Å². The monoisotopic (exact) mass is 401 g/mol. The number of benzene rings is 3. The van der Waals surface area contributed by atoms with Gasteiger partial charge in [0, 0.05) is 6.08 Å². The molecule has 0 radical (unpaired) electrons. The van der Waals surface area contributed by atoms with E-state index in [-0.39, 0.29) is 18.6 Å². The lowest BCUT2D eigenvalue weighted by Gasteiger charge is -2.19. The van der Waals surface area contributed by atoms with Gasteiger partial charge in [-0.15, -0.1) is 0 Å². The van der Waals surface area contributed by atoms with E-state index in [0.29, 0.717) is 5.75 Å². The van der Waals surface area contributed by atoms with E-state index in [1.165, 1.54) is 6.08 Å². The Morgan fingerprint density at radius 1 is 0.900 bits per heavy atom. The molecule has 0 aliphatic heterocycles. The van der Waals surface area contributed by atoms with Gasteiger partial charge in [-0.1, -0.05) is 72.8 Å². The van der Waals surface area contributed by atoms with Crippen LogP contribution in [0.1, 0.15) is 22.7 Å². The topological polar surface area (TPSA) is 64.6 Å². The summed E-state index contributed by atoms with van der Waals surface area (Å²) in [6.07, 6.45) is 2.90.